The van der Waals surface area contributed by atoms with Crippen molar-refractivity contribution in [1.29, 1.82) is 0 Å². The third-order valence-electron chi connectivity index (χ3n) is 3.11. The Labute approximate surface area is 121 Å². The number of carbonyl (C=O) groups is 1. The molecule has 0 bridgehead atoms. The van der Waals surface area contributed by atoms with Crippen LogP contribution >= 0.6 is 15.9 Å². The average Bonchev–Trinajstić information content (AvgIpc) is 2.62. The Morgan fingerprint density at radius 3 is 3.16 bits per heavy atom. The predicted octanol–water partition coefficient (Wildman–Crippen LogP) is 1.39. The molecule has 2 N–H and O–H groups in total. The predicted molar refractivity (Wildman–Crippen MR) is 79.2 cm³/mol. The fourth-order valence-electron chi connectivity index (χ4n) is 2.05. The summed E-state index contributed by atoms with van der Waals surface area (Å²) >= 11 is 3.39. The van der Waals surface area contributed by atoms with Crippen molar-refractivity contribution in [1.82, 2.24) is 15.2 Å². The van der Waals surface area contributed by atoms with Gasteiger partial charge in [-0.3, -0.25) is 9.69 Å². The van der Waals surface area contributed by atoms with E-state index in [-0.39, 0.29) is 5.91 Å². The number of aryl methyl sites for hydroxylation is 1. The minimum Gasteiger partial charge on any atom is -0.315 e. The van der Waals surface area contributed by atoms with Crippen LogP contribution in [0.5, 0.6) is 0 Å². The van der Waals surface area contributed by atoms with Crippen molar-refractivity contribution in [3.05, 3.63) is 22.3 Å². The summed E-state index contributed by atoms with van der Waals surface area (Å²) in [5, 5.41) is 6.17. The van der Waals surface area contributed by atoms with Gasteiger partial charge in [0.1, 0.15) is 5.82 Å². The van der Waals surface area contributed by atoms with Gasteiger partial charge in [-0.2, -0.15) is 0 Å². The molecule has 5 nitrogen and oxygen atoms in total. The molecule has 0 aromatic carbocycles. The number of amides is 1. The number of carbonyl (C=O) groups excluding carboxylic acids is 1. The molecule has 1 aliphatic heterocycles. The van der Waals surface area contributed by atoms with Crippen molar-refractivity contribution in [3.63, 3.8) is 0 Å². The number of hydrogen-bond donors (Lipinski definition) is 2. The van der Waals surface area contributed by atoms with Crippen LogP contribution < -0.4 is 10.6 Å². The second-order valence-corrected chi connectivity index (χ2v) is 5.60. The Hall–Kier alpha value is -0.980. The standard InChI is InChI=1S/C13H19BrN4O/c1-10-7-12(16-8-11(10)14)17-13(19)9-18-5-2-3-15-4-6-18/h7-8,15H,2-6,9H2,1H3,(H,16,17,19). The molecular weight excluding hydrogens is 308 g/mol. The minimum atomic E-state index is -0.00359. The van der Waals surface area contributed by atoms with Crippen molar-refractivity contribution in [2.75, 3.05) is 38.0 Å². The minimum absolute atomic E-state index is 0.00359. The quantitative estimate of drug-likeness (QED) is 0.881. The fourth-order valence-corrected chi connectivity index (χ4v) is 2.27. The molecule has 2 rings (SSSR count). The molecule has 0 saturated carbocycles. The summed E-state index contributed by atoms with van der Waals surface area (Å²) in [6, 6.07) is 1.87. The molecule has 1 aromatic heterocycles. The summed E-state index contributed by atoms with van der Waals surface area (Å²) in [6.07, 6.45) is 2.80. The van der Waals surface area contributed by atoms with E-state index in [0.29, 0.717) is 12.4 Å². The van der Waals surface area contributed by atoms with Crippen LogP contribution in [0.25, 0.3) is 0 Å². The monoisotopic (exact) mass is 326 g/mol. The van der Waals surface area contributed by atoms with E-state index in [2.05, 4.69) is 36.4 Å². The summed E-state index contributed by atoms with van der Waals surface area (Å²) in [4.78, 5) is 18.3. The fraction of sp³-hybridized carbons (Fsp3) is 0.538. The molecule has 0 aliphatic carbocycles. The van der Waals surface area contributed by atoms with Crippen molar-refractivity contribution in [2.45, 2.75) is 13.3 Å². The van der Waals surface area contributed by atoms with Crippen LogP contribution in [0.2, 0.25) is 0 Å². The number of halogens is 1. The maximum atomic E-state index is 12.0. The number of aromatic nitrogens is 1. The number of rotatable bonds is 3. The van der Waals surface area contributed by atoms with Gasteiger partial charge in [-0.05, 0) is 54.0 Å². The van der Waals surface area contributed by atoms with E-state index in [1.807, 2.05) is 13.0 Å². The molecule has 1 fully saturated rings. The summed E-state index contributed by atoms with van der Waals surface area (Å²) in [5.41, 5.74) is 1.06. The van der Waals surface area contributed by atoms with E-state index < -0.39 is 0 Å². The molecule has 1 saturated heterocycles. The second-order valence-electron chi connectivity index (χ2n) is 4.75. The van der Waals surface area contributed by atoms with E-state index >= 15 is 0 Å². The maximum Gasteiger partial charge on any atom is 0.239 e. The zero-order valence-electron chi connectivity index (χ0n) is 11.1. The van der Waals surface area contributed by atoms with Crippen LogP contribution in [-0.4, -0.2) is 48.5 Å². The highest BCUT2D eigenvalue weighted by molar-refractivity contribution is 9.10. The Balaban J connectivity index is 1.87. The highest BCUT2D eigenvalue weighted by atomic mass is 79.9. The van der Waals surface area contributed by atoms with Gasteiger partial charge in [0, 0.05) is 23.8 Å². The molecule has 2 heterocycles. The van der Waals surface area contributed by atoms with Crippen LogP contribution in [0.15, 0.2) is 16.7 Å². The number of anilines is 1. The van der Waals surface area contributed by atoms with Crippen LogP contribution in [-0.2, 0) is 4.79 Å². The van der Waals surface area contributed by atoms with E-state index in [1.165, 1.54) is 0 Å². The Morgan fingerprint density at radius 1 is 1.53 bits per heavy atom. The first-order valence-corrected chi connectivity index (χ1v) is 7.29. The topological polar surface area (TPSA) is 57.3 Å². The van der Waals surface area contributed by atoms with Gasteiger partial charge in [0.05, 0.1) is 6.54 Å². The highest BCUT2D eigenvalue weighted by Crippen LogP contribution is 2.17. The Morgan fingerprint density at radius 2 is 2.37 bits per heavy atom. The number of nitrogens with one attached hydrogen (secondary N) is 2. The molecule has 1 amide bonds. The number of pyridine rings is 1. The van der Waals surface area contributed by atoms with E-state index in [4.69, 9.17) is 0 Å². The molecule has 1 aliphatic rings. The molecule has 1 aromatic rings. The summed E-state index contributed by atoms with van der Waals surface area (Å²) in [7, 11) is 0. The smallest absolute Gasteiger partial charge is 0.239 e. The Kier molecular flexibility index (Phi) is 5.30. The first-order chi connectivity index (χ1) is 9.15. The normalized spacial score (nSPS) is 16.9. The van der Waals surface area contributed by atoms with E-state index in [9.17, 15) is 4.79 Å². The van der Waals surface area contributed by atoms with Crippen LogP contribution in [0.3, 0.4) is 0 Å². The summed E-state index contributed by atoms with van der Waals surface area (Å²) < 4.78 is 0.948. The SMILES string of the molecule is Cc1cc(NC(=O)CN2CCCNCC2)ncc1Br. The van der Waals surface area contributed by atoms with Crippen LogP contribution in [0.4, 0.5) is 5.82 Å². The van der Waals surface area contributed by atoms with Gasteiger partial charge in [-0.1, -0.05) is 0 Å². The largest absolute Gasteiger partial charge is 0.315 e. The molecular formula is C13H19BrN4O. The summed E-state index contributed by atoms with van der Waals surface area (Å²) in [6.45, 7) is 6.27. The zero-order chi connectivity index (χ0) is 13.7. The highest BCUT2D eigenvalue weighted by Gasteiger charge is 2.13. The van der Waals surface area contributed by atoms with Gasteiger partial charge in [-0.15, -0.1) is 0 Å². The lowest BCUT2D eigenvalue weighted by atomic mass is 10.3. The molecule has 0 atom stereocenters. The van der Waals surface area contributed by atoms with Crippen molar-refractivity contribution in [3.8, 4) is 0 Å². The van der Waals surface area contributed by atoms with E-state index in [1.54, 1.807) is 6.20 Å². The average molecular weight is 327 g/mol. The first kappa shape index (κ1) is 14.4. The van der Waals surface area contributed by atoms with Crippen molar-refractivity contribution >= 4 is 27.7 Å². The van der Waals surface area contributed by atoms with Gasteiger partial charge >= 0.3 is 0 Å². The van der Waals surface area contributed by atoms with Gasteiger partial charge in [-0.25, -0.2) is 4.98 Å². The third kappa shape index (κ3) is 4.56. The third-order valence-corrected chi connectivity index (χ3v) is 3.94. The van der Waals surface area contributed by atoms with Crippen LogP contribution in [0.1, 0.15) is 12.0 Å². The first-order valence-electron chi connectivity index (χ1n) is 6.50. The van der Waals surface area contributed by atoms with E-state index in [0.717, 1.165) is 42.6 Å². The lowest BCUT2D eigenvalue weighted by Gasteiger charge is -2.18. The molecule has 6 heteroatoms. The molecule has 104 valence electrons. The lowest BCUT2D eigenvalue weighted by molar-refractivity contribution is -0.117. The van der Waals surface area contributed by atoms with Crippen molar-refractivity contribution < 1.29 is 4.79 Å². The van der Waals surface area contributed by atoms with Gasteiger partial charge in [0.15, 0.2) is 0 Å². The Bertz CT molecular complexity index is 444. The molecule has 0 unspecified atom stereocenters. The van der Waals surface area contributed by atoms with Gasteiger partial charge in [0.2, 0.25) is 5.91 Å². The number of hydrogen-bond acceptors (Lipinski definition) is 4. The van der Waals surface area contributed by atoms with Gasteiger partial charge < -0.3 is 10.6 Å². The van der Waals surface area contributed by atoms with Crippen molar-refractivity contribution in [2.24, 2.45) is 0 Å². The van der Waals surface area contributed by atoms with Crippen LogP contribution in [0, 0.1) is 6.92 Å². The zero-order valence-corrected chi connectivity index (χ0v) is 12.7. The molecule has 0 spiro atoms. The maximum absolute atomic E-state index is 12.0. The molecule has 19 heavy (non-hydrogen) atoms. The second kappa shape index (κ2) is 6.98. The number of nitrogens with zero attached hydrogens (tertiary/aromatic N) is 2. The van der Waals surface area contributed by atoms with Gasteiger partial charge in [0.25, 0.3) is 0 Å². The molecule has 0 radical (unpaired) electrons. The summed E-state index contributed by atoms with van der Waals surface area (Å²) in [5.74, 6) is 0.606. The lowest BCUT2D eigenvalue weighted by Crippen LogP contribution is -2.35.